The first-order valence-electron chi connectivity index (χ1n) is 11.5. The van der Waals surface area contributed by atoms with Gasteiger partial charge >= 0.3 is 5.69 Å². The zero-order valence-electron chi connectivity index (χ0n) is 20.4. The van der Waals surface area contributed by atoms with Gasteiger partial charge in [-0.15, -0.1) is 0 Å². The van der Waals surface area contributed by atoms with Crippen molar-refractivity contribution in [1.29, 1.82) is 0 Å². The van der Waals surface area contributed by atoms with Gasteiger partial charge in [0.05, 0.1) is 21.8 Å². The molecule has 3 aromatic heterocycles. The van der Waals surface area contributed by atoms with E-state index < -0.39 is 5.69 Å². The number of anilines is 1. The fourth-order valence-electron chi connectivity index (χ4n) is 4.82. The quantitative estimate of drug-likeness (QED) is 0.375. The predicted octanol–water partition coefficient (Wildman–Crippen LogP) is 4.53. The second-order valence-corrected chi connectivity index (χ2v) is 10.0. The third kappa shape index (κ3) is 4.41. The van der Waals surface area contributed by atoms with Crippen molar-refractivity contribution < 1.29 is 4.79 Å². The Kier molecular flexibility index (Phi) is 6.88. The Morgan fingerprint density at radius 2 is 1.86 bits per heavy atom. The summed E-state index contributed by atoms with van der Waals surface area (Å²) in [5.41, 5.74) is 2.14. The van der Waals surface area contributed by atoms with Crippen molar-refractivity contribution in [1.82, 2.24) is 24.4 Å². The van der Waals surface area contributed by atoms with Gasteiger partial charge in [0, 0.05) is 31.4 Å². The average molecular weight is 515 g/mol. The van der Waals surface area contributed by atoms with Gasteiger partial charge in [0.25, 0.3) is 0 Å². The number of rotatable bonds is 4. The Morgan fingerprint density at radius 1 is 1.20 bits per heavy atom. The van der Waals surface area contributed by atoms with E-state index in [0.29, 0.717) is 35.6 Å². The van der Waals surface area contributed by atoms with Crippen molar-refractivity contribution in [3.8, 4) is 5.69 Å². The van der Waals surface area contributed by atoms with E-state index in [1.165, 1.54) is 10.6 Å². The molecule has 1 aliphatic heterocycles. The number of aromatic nitrogens is 4. The third-order valence-corrected chi connectivity index (χ3v) is 7.01. The smallest absolute Gasteiger partial charge is 0.347 e. The second-order valence-electron chi connectivity index (χ2n) is 9.25. The molecular weight excluding hydrogens is 487 g/mol. The van der Waals surface area contributed by atoms with E-state index in [9.17, 15) is 9.59 Å². The van der Waals surface area contributed by atoms with Crippen LogP contribution in [0.5, 0.6) is 0 Å². The van der Waals surface area contributed by atoms with Crippen molar-refractivity contribution in [3.05, 3.63) is 62.9 Å². The highest BCUT2D eigenvalue weighted by molar-refractivity contribution is 6.41. The first kappa shape index (κ1) is 25.1. The molecule has 1 aliphatic rings. The minimum Gasteiger partial charge on any atom is -0.347 e. The first-order chi connectivity index (χ1) is 16.5. The van der Waals surface area contributed by atoms with Crippen LogP contribution in [-0.4, -0.2) is 55.5 Å². The molecule has 0 spiro atoms. The van der Waals surface area contributed by atoms with E-state index in [2.05, 4.69) is 21.5 Å². The minimum absolute atomic E-state index is 0.0600. The topological polar surface area (TPSA) is 84.2 Å². The molecule has 0 radical (unpaired) electrons. The van der Waals surface area contributed by atoms with E-state index in [1.807, 2.05) is 45.6 Å². The summed E-state index contributed by atoms with van der Waals surface area (Å²) in [6.07, 6.45) is 3.05. The van der Waals surface area contributed by atoms with Gasteiger partial charge in [-0.25, -0.2) is 14.3 Å². The zero-order chi connectivity index (χ0) is 25.6. The van der Waals surface area contributed by atoms with Crippen LogP contribution in [0, 0.1) is 6.92 Å². The molecule has 0 aromatic carbocycles. The van der Waals surface area contributed by atoms with Crippen molar-refractivity contribution in [2.24, 2.45) is 0 Å². The molecule has 35 heavy (non-hydrogen) atoms. The molecule has 4 rings (SSSR count). The summed E-state index contributed by atoms with van der Waals surface area (Å²) < 4.78 is 1.48. The number of hydrogen-bond donors (Lipinski definition) is 0. The number of carbonyl (C=O) groups excluding carboxylic acids is 1. The van der Waals surface area contributed by atoms with Crippen LogP contribution in [0.15, 0.2) is 35.8 Å². The number of hydrogen-bond acceptors (Lipinski definition) is 6. The van der Waals surface area contributed by atoms with E-state index in [0.717, 1.165) is 11.3 Å². The summed E-state index contributed by atoms with van der Waals surface area (Å²) in [5, 5.41) is 0.957. The molecule has 1 saturated heterocycles. The Morgan fingerprint density at radius 3 is 2.46 bits per heavy atom. The molecule has 1 fully saturated rings. The highest BCUT2D eigenvalue weighted by Crippen LogP contribution is 2.34. The number of aryl methyl sites for hydroxylation is 1. The SMILES string of the molecule is C=CC(=O)N1C[C@@H](C)N(c2nc(=O)n(-c3c(C)ccnc3C(C)C)c3nc(Cl)c(Cl)cc23)[C@@H](C)C1. The number of nitrogens with zero attached hydrogens (tertiary/aromatic N) is 6. The number of amides is 1. The fraction of sp³-hybridized carbons (Fsp3) is 0.400. The summed E-state index contributed by atoms with van der Waals surface area (Å²) in [7, 11) is 0. The molecule has 0 unspecified atom stereocenters. The third-order valence-electron chi connectivity index (χ3n) is 6.33. The van der Waals surface area contributed by atoms with Crippen molar-refractivity contribution in [3.63, 3.8) is 0 Å². The normalized spacial score (nSPS) is 18.4. The maximum Gasteiger partial charge on any atom is 0.355 e. The molecule has 3 aromatic rings. The van der Waals surface area contributed by atoms with Gasteiger partial charge in [0.1, 0.15) is 11.0 Å². The zero-order valence-corrected chi connectivity index (χ0v) is 21.9. The lowest BCUT2D eigenvalue weighted by Crippen LogP contribution is -2.58. The molecule has 1 amide bonds. The minimum atomic E-state index is -0.486. The predicted molar refractivity (Wildman–Crippen MR) is 140 cm³/mol. The van der Waals surface area contributed by atoms with Gasteiger partial charge in [-0.05, 0) is 50.5 Å². The maximum atomic E-state index is 13.7. The lowest BCUT2D eigenvalue weighted by atomic mass is 10.0. The molecule has 0 saturated carbocycles. The van der Waals surface area contributed by atoms with Crippen LogP contribution in [0.3, 0.4) is 0 Å². The number of pyridine rings is 2. The highest BCUT2D eigenvalue weighted by atomic mass is 35.5. The Bertz CT molecular complexity index is 1370. The van der Waals surface area contributed by atoms with E-state index in [-0.39, 0.29) is 34.1 Å². The van der Waals surface area contributed by atoms with Crippen LogP contribution < -0.4 is 10.6 Å². The van der Waals surface area contributed by atoms with Crippen molar-refractivity contribution in [2.45, 2.75) is 52.6 Å². The second kappa shape index (κ2) is 9.59. The molecule has 2 atom stereocenters. The van der Waals surface area contributed by atoms with Gasteiger partial charge < -0.3 is 9.80 Å². The van der Waals surface area contributed by atoms with E-state index in [4.69, 9.17) is 23.2 Å². The summed E-state index contributed by atoms with van der Waals surface area (Å²) in [4.78, 5) is 43.3. The van der Waals surface area contributed by atoms with Gasteiger partial charge in [0.2, 0.25) is 5.91 Å². The van der Waals surface area contributed by atoms with Gasteiger partial charge in [-0.1, -0.05) is 43.6 Å². The largest absolute Gasteiger partial charge is 0.355 e. The van der Waals surface area contributed by atoms with Gasteiger partial charge in [-0.2, -0.15) is 4.98 Å². The Labute approximate surface area is 214 Å². The maximum absolute atomic E-state index is 13.7. The van der Waals surface area contributed by atoms with Crippen molar-refractivity contribution >= 4 is 46.0 Å². The van der Waals surface area contributed by atoms with Crippen LogP contribution >= 0.6 is 23.2 Å². The molecular formula is C25H28Cl2N6O2. The lowest BCUT2D eigenvalue weighted by Gasteiger charge is -2.45. The summed E-state index contributed by atoms with van der Waals surface area (Å²) in [6, 6.07) is 3.32. The standard InChI is InChI=1S/C25H28Cl2N6O2/c1-7-19(34)31-11-15(5)32(16(6)12-31)24-17-10-18(26)22(27)29-23(17)33(25(35)30-24)21-14(4)8-9-28-20(21)13(2)3/h7-10,13,15-16H,1,11-12H2,2-6H3/t15-,16+. The van der Waals surface area contributed by atoms with Crippen LogP contribution in [0.2, 0.25) is 10.2 Å². The van der Waals surface area contributed by atoms with Crippen LogP contribution in [0.25, 0.3) is 16.7 Å². The molecule has 4 heterocycles. The summed E-state index contributed by atoms with van der Waals surface area (Å²) in [6.45, 7) is 14.5. The Balaban J connectivity index is 2.00. The molecule has 8 nitrogen and oxygen atoms in total. The molecule has 0 bridgehead atoms. The monoisotopic (exact) mass is 514 g/mol. The first-order valence-corrected chi connectivity index (χ1v) is 12.2. The number of fused-ring (bicyclic) bond motifs is 1. The van der Waals surface area contributed by atoms with Crippen LogP contribution in [-0.2, 0) is 4.79 Å². The van der Waals surface area contributed by atoms with Gasteiger partial charge in [0.15, 0.2) is 5.65 Å². The van der Waals surface area contributed by atoms with Crippen LogP contribution in [0.4, 0.5) is 5.82 Å². The lowest BCUT2D eigenvalue weighted by molar-refractivity contribution is -0.127. The fourth-order valence-corrected chi connectivity index (χ4v) is 5.10. The van der Waals surface area contributed by atoms with Crippen molar-refractivity contribution in [2.75, 3.05) is 18.0 Å². The molecule has 10 heteroatoms. The number of carbonyl (C=O) groups is 1. The number of piperazine rings is 1. The average Bonchev–Trinajstić information content (AvgIpc) is 2.79. The molecule has 184 valence electrons. The summed E-state index contributed by atoms with van der Waals surface area (Å²) in [5.74, 6) is 0.400. The van der Waals surface area contributed by atoms with E-state index >= 15 is 0 Å². The Hall–Kier alpha value is -2.97. The molecule has 0 N–H and O–H groups in total. The van der Waals surface area contributed by atoms with Crippen LogP contribution in [0.1, 0.15) is 44.9 Å². The number of halogens is 2. The van der Waals surface area contributed by atoms with Gasteiger partial charge in [-0.3, -0.25) is 9.78 Å². The van der Waals surface area contributed by atoms with E-state index in [1.54, 1.807) is 17.2 Å². The molecule has 0 aliphatic carbocycles. The summed E-state index contributed by atoms with van der Waals surface area (Å²) >= 11 is 12.7. The highest BCUT2D eigenvalue weighted by Gasteiger charge is 2.34.